The van der Waals surface area contributed by atoms with Crippen LogP contribution in [0.15, 0.2) is 60.7 Å². The summed E-state index contributed by atoms with van der Waals surface area (Å²) in [7, 11) is 1.41. The Morgan fingerprint density at radius 1 is 0.793 bits per heavy atom. The van der Waals surface area contributed by atoms with Crippen molar-refractivity contribution in [3.05, 3.63) is 77.4 Å². The topological polar surface area (TPSA) is 42.3 Å². The summed E-state index contributed by atoms with van der Waals surface area (Å²) in [6.45, 7) is 0. The van der Waals surface area contributed by atoms with Gasteiger partial charge in [0.15, 0.2) is 0 Å². The van der Waals surface area contributed by atoms with Gasteiger partial charge in [0.05, 0.1) is 33.4 Å². The molecule has 144 valence electrons. The van der Waals surface area contributed by atoms with E-state index in [2.05, 4.69) is 0 Å². The van der Waals surface area contributed by atoms with Gasteiger partial charge in [-0.2, -0.15) is 13.2 Å². The summed E-state index contributed by atoms with van der Waals surface area (Å²) < 4.78 is 41.5. The molecule has 3 aromatic carbocycles. The molecule has 0 spiro atoms. The fraction of sp³-hybridized carbons (Fsp3) is 0.0909. The van der Waals surface area contributed by atoms with Crippen molar-refractivity contribution in [1.82, 2.24) is 9.47 Å². The van der Waals surface area contributed by atoms with E-state index in [0.29, 0.717) is 27.5 Å². The highest BCUT2D eigenvalue weighted by Gasteiger charge is 2.36. The lowest BCUT2D eigenvalue weighted by Gasteiger charge is -2.12. The number of carbonyl (C=O) groups excluding carboxylic acids is 2. The molecule has 0 unspecified atom stereocenters. The summed E-state index contributed by atoms with van der Waals surface area (Å²) in [5.74, 6) is -0.828. The summed E-state index contributed by atoms with van der Waals surface area (Å²) in [5, 5.41) is 1.06. The number of aromatic nitrogens is 1. The first-order valence-corrected chi connectivity index (χ1v) is 8.85. The van der Waals surface area contributed by atoms with Crippen molar-refractivity contribution in [2.75, 3.05) is 7.05 Å². The minimum absolute atomic E-state index is 0.252. The predicted octanol–water partition coefficient (Wildman–Crippen LogP) is 5.03. The zero-order valence-electron chi connectivity index (χ0n) is 15.1. The number of nitrogens with zero attached hydrogens (tertiary/aromatic N) is 2. The molecular formula is C22H13F3N2O2. The molecule has 4 aromatic rings. The SMILES string of the molecule is CN1C(=O)c2cccc(-n3c4ccccc4c4cc(C(F)(F)F)ccc43)c2C1=O. The van der Waals surface area contributed by atoms with Crippen LogP contribution in [0.5, 0.6) is 0 Å². The van der Waals surface area contributed by atoms with Gasteiger partial charge in [-0.1, -0.05) is 24.3 Å². The number of carbonyl (C=O) groups is 2. The minimum atomic E-state index is -4.46. The first-order valence-electron chi connectivity index (χ1n) is 8.85. The van der Waals surface area contributed by atoms with E-state index in [1.165, 1.54) is 13.1 Å². The highest BCUT2D eigenvalue weighted by atomic mass is 19.4. The van der Waals surface area contributed by atoms with Gasteiger partial charge < -0.3 is 4.57 Å². The van der Waals surface area contributed by atoms with Gasteiger partial charge in [-0.05, 0) is 36.4 Å². The normalized spacial score (nSPS) is 14.3. The van der Waals surface area contributed by atoms with E-state index in [1.54, 1.807) is 47.0 Å². The lowest BCUT2D eigenvalue weighted by Crippen LogP contribution is -2.24. The Balaban J connectivity index is 1.91. The van der Waals surface area contributed by atoms with Crippen molar-refractivity contribution in [3.8, 4) is 5.69 Å². The Kier molecular flexibility index (Phi) is 3.44. The van der Waals surface area contributed by atoms with Crippen LogP contribution in [0.25, 0.3) is 27.5 Å². The number of benzene rings is 3. The summed E-state index contributed by atoms with van der Waals surface area (Å²) in [5.41, 5.74) is 1.45. The van der Waals surface area contributed by atoms with Crippen LogP contribution in [0.3, 0.4) is 0 Å². The second-order valence-electron chi connectivity index (χ2n) is 6.95. The first-order chi connectivity index (χ1) is 13.8. The maximum Gasteiger partial charge on any atom is 0.416 e. The fourth-order valence-electron chi connectivity index (χ4n) is 3.98. The van der Waals surface area contributed by atoms with Gasteiger partial charge in [0.1, 0.15) is 0 Å². The molecule has 5 rings (SSSR count). The predicted molar refractivity (Wildman–Crippen MR) is 102 cm³/mol. The van der Waals surface area contributed by atoms with Gasteiger partial charge >= 0.3 is 6.18 Å². The standard InChI is InChI=1S/C22H13F3N2O2/c1-26-20(28)14-6-4-8-18(19(14)21(26)29)27-16-7-3-2-5-13(16)15-11-12(22(23,24)25)9-10-17(15)27/h2-11H,1H3. The summed E-state index contributed by atoms with van der Waals surface area (Å²) in [6.07, 6.45) is -4.46. The van der Waals surface area contributed by atoms with E-state index in [-0.39, 0.29) is 11.1 Å². The van der Waals surface area contributed by atoms with E-state index in [4.69, 9.17) is 0 Å². The molecule has 0 saturated heterocycles. The number of amides is 2. The van der Waals surface area contributed by atoms with Crippen molar-refractivity contribution in [3.63, 3.8) is 0 Å². The number of hydrogen-bond acceptors (Lipinski definition) is 2. The number of imide groups is 1. The molecule has 1 aromatic heterocycles. The Morgan fingerprint density at radius 3 is 2.28 bits per heavy atom. The highest BCUT2D eigenvalue weighted by Crippen LogP contribution is 2.38. The number of hydrogen-bond donors (Lipinski definition) is 0. The number of alkyl halides is 3. The molecule has 29 heavy (non-hydrogen) atoms. The van der Waals surface area contributed by atoms with E-state index >= 15 is 0 Å². The average Bonchev–Trinajstić information content (AvgIpc) is 3.15. The number of fused-ring (bicyclic) bond motifs is 4. The van der Waals surface area contributed by atoms with Gasteiger partial charge in [0.25, 0.3) is 11.8 Å². The van der Waals surface area contributed by atoms with Crippen LogP contribution < -0.4 is 0 Å². The molecule has 7 heteroatoms. The second kappa shape index (κ2) is 5.70. The van der Waals surface area contributed by atoms with Gasteiger partial charge in [-0.3, -0.25) is 14.5 Å². The lowest BCUT2D eigenvalue weighted by molar-refractivity contribution is -0.137. The Labute approximate surface area is 162 Å². The van der Waals surface area contributed by atoms with Crippen LogP contribution in [-0.2, 0) is 6.18 Å². The summed E-state index contributed by atoms with van der Waals surface area (Å²) >= 11 is 0. The molecule has 1 aliphatic rings. The van der Waals surface area contributed by atoms with Crippen LogP contribution in [0.2, 0.25) is 0 Å². The molecule has 0 radical (unpaired) electrons. The molecule has 2 amide bonds. The monoisotopic (exact) mass is 394 g/mol. The maximum atomic E-state index is 13.3. The quantitative estimate of drug-likeness (QED) is 0.425. The molecule has 0 saturated carbocycles. The molecule has 0 atom stereocenters. The van der Waals surface area contributed by atoms with Gasteiger partial charge in [0, 0.05) is 17.8 Å². The zero-order valence-corrected chi connectivity index (χ0v) is 15.1. The fourth-order valence-corrected chi connectivity index (χ4v) is 3.98. The largest absolute Gasteiger partial charge is 0.416 e. The third-order valence-corrected chi connectivity index (χ3v) is 5.34. The summed E-state index contributed by atoms with van der Waals surface area (Å²) in [6, 6.07) is 15.6. The molecule has 2 heterocycles. The number of halogens is 3. The van der Waals surface area contributed by atoms with Gasteiger partial charge in [-0.25, -0.2) is 0 Å². The summed E-state index contributed by atoms with van der Waals surface area (Å²) in [4.78, 5) is 26.2. The van der Waals surface area contributed by atoms with Crippen LogP contribution in [0, 0.1) is 0 Å². The van der Waals surface area contributed by atoms with E-state index in [0.717, 1.165) is 17.0 Å². The Hall–Kier alpha value is -3.61. The Morgan fingerprint density at radius 2 is 1.52 bits per heavy atom. The molecule has 4 nitrogen and oxygen atoms in total. The molecule has 0 N–H and O–H groups in total. The van der Waals surface area contributed by atoms with Crippen LogP contribution >= 0.6 is 0 Å². The molecule has 0 aliphatic carbocycles. The van der Waals surface area contributed by atoms with Crippen molar-refractivity contribution in [2.45, 2.75) is 6.18 Å². The van der Waals surface area contributed by atoms with Crippen LogP contribution in [0.4, 0.5) is 13.2 Å². The number of para-hydroxylation sites is 1. The van der Waals surface area contributed by atoms with E-state index < -0.39 is 23.6 Å². The van der Waals surface area contributed by atoms with Gasteiger partial charge in [0.2, 0.25) is 0 Å². The third kappa shape index (κ3) is 2.33. The van der Waals surface area contributed by atoms with Crippen molar-refractivity contribution >= 4 is 33.6 Å². The first kappa shape index (κ1) is 17.5. The maximum absolute atomic E-state index is 13.3. The highest BCUT2D eigenvalue weighted by molar-refractivity contribution is 6.23. The van der Waals surface area contributed by atoms with Crippen molar-refractivity contribution in [1.29, 1.82) is 0 Å². The molecule has 0 bridgehead atoms. The smallest absolute Gasteiger partial charge is 0.308 e. The van der Waals surface area contributed by atoms with E-state index in [1.807, 2.05) is 0 Å². The van der Waals surface area contributed by atoms with Crippen molar-refractivity contribution < 1.29 is 22.8 Å². The van der Waals surface area contributed by atoms with Gasteiger partial charge in [-0.15, -0.1) is 0 Å². The lowest BCUT2D eigenvalue weighted by atomic mass is 10.1. The van der Waals surface area contributed by atoms with E-state index in [9.17, 15) is 22.8 Å². The number of rotatable bonds is 1. The molecule has 0 fully saturated rings. The molecule has 1 aliphatic heterocycles. The zero-order chi connectivity index (χ0) is 20.5. The second-order valence-corrected chi connectivity index (χ2v) is 6.95. The Bertz CT molecular complexity index is 1350. The van der Waals surface area contributed by atoms with Crippen molar-refractivity contribution in [2.24, 2.45) is 0 Å². The third-order valence-electron chi connectivity index (χ3n) is 5.34. The van der Waals surface area contributed by atoms with Crippen LogP contribution in [0.1, 0.15) is 26.3 Å². The van der Waals surface area contributed by atoms with Crippen LogP contribution in [-0.4, -0.2) is 28.3 Å². The minimum Gasteiger partial charge on any atom is -0.308 e. The average molecular weight is 394 g/mol. The molecular weight excluding hydrogens is 381 g/mol.